The molecule has 0 aliphatic carbocycles. The SMILES string of the molecule is C[C@@H](c1ccc2c(c1)c1ncnc(Cl)c1n2CC(F)(F)F)N1CCN(C)CC1. The number of benzene rings is 1. The summed E-state index contributed by atoms with van der Waals surface area (Å²) < 4.78 is 40.7. The minimum Gasteiger partial charge on any atom is -0.327 e. The second kappa shape index (κ2) is 7.17. The Morgan fingerprint density at radius 3 is 2.54 bits per heavy atom. The minimum atomic E-state index is -4.37. The van der Waals surface area contributed by atoms with E-state index in [2.05, 4.69) is 33.7 Å². The first-order chi connectivity index (χ1) is 13.2. The molecule has 1 atom stereocenters. The summed E-state index contributed by atoms with van der Waals surface area (Å²) in [7, 11) is 2.10. The second-order valence-electron chi connectivity index (χ2n) is 7.35. The molecule has 1 aliphatic heterocycles. The molecule has 4 rings (SSSR count). The maximum absolute atomic E-state index is 13.2. The van der Waals surface area contributed by atoms with Gasteiger partial charge in [0.2, 0.25) is 0 Å². The fourth-order valence-electron chi connectivity index (χ4n) is 3.92. The van der Waals surface area contributed by atoms with Crippen LogP contribution in [-0.4, -0.2) is 63.7 Å². The van der Waals surface area contributed by atoms with Gasteiger partial charge in [0.1, 0.15) is 23.9 Å². The first-order valence-corrected chi connectivity index (χ1v) is 9.54. The molecule has 5 nitrogen and oxygen atoms in total. The van der Waals surface area contributed by atoms with Crippen molar-refractivity contribution in [2.75, 3.05) is 33.2 Å². The van der Waals surface area contributed by atoms with Crippen molar-refractivity contribution in [1.29, 1.82) is 0 Å². The lowest BCUT2D eigenvalue weighted by atomic mass is 10.0. The lowest BCUT2D eigenvalue weighted by molar-refractivity contribution is -0.139. The van der Waals surface area contributed by atoms with Gasteiger partial charge >= 0.3 is 6.18 Å². The topological polar surface area (TPSA) is 37.2 Å². The van der Waals surface area contributed by atoms with Crippen molar-refractivity contribution < 1.29 is 13.2 Å². The van der Waals surface area contributed by atoms with Gasteiger partial charge in [0.15, 0.2) is 5.15 Å². The Balaban J connectivity index is 1.81. The summed E-state index contributed by atoms with van der Waals surface area (Å²) in [5, 5.41) is 0.696. The van der Waals surface area contributed by atoms with Crippen LogP contribution in [0, 0.1) is 0 Å². The van der Waals surface area contributed by atoms with Crippen LogP contribution in [0.3, 0.4) is 0 Å². The molecule has 0 spiro atoms. The number of aromatic nitrogens is 3. The third kappa shape index (κ3) is 3.56. The summed E-state index contributed by atoms with van der Waals surface area (Å²) in [4.78, 5) is 12.8. The third-order valence-electron chi connectivity index (χ3n) is 5.52. The number of nitrogens with zero attached hydrogens (tertiary/aromatic N) is 5. The predicted molar refractivity (Wildman–Crippen MR) is 104 cm³/mol. The molecule has 0 saturated carbocycles. The van der Waals surface area contributed by atoms with Crippen molar-refractivity contribution in [1.82, 2.24) is 24.3 Å². The Kier molecular flexibility index (Phi) is 4.97. The van der Waals surface area contributed by atoms with E-state index in [1.165, 1.54) is 6.33 Å². The van der Waals surface area contributed by atoms with Crippen molar-refractivity contribution in [3.8, 4) is 0 Å². The second-order valence-corrected chi connectivity index (χ2v) is 7.71. The van der Waals surface area contributed by atoms with E-state index < -0.39 is 12.7 Å². The fraction of sp³-hybridized carbons (Fsp3) is 0.474. The number of halogens is 4. The quantitative estimate of drug-likeness (QED) is 0.608. The number of hydrogen-bond donors (Lipinski definition) is 0. The van der Waals surface area contributed by atoms with Crippen LogP contribution >= 0.6 is 11.6 Å². The van der Waals surface area contributed by atoms with Crippen molar-refractivity contribution in [3.05, 3.63) is 35.2 Å². The average molecular weight is 412 g/mol. The standard InChI is InChI=1S/C19H21ClF3N5/c1-12(27-7-5-26(2)6-8-27)13-3-4-15-14(9-13)16-17(18(20)25-11-24-16)28(15)10-19(21,22)23/h3-4,9,11-12H,5-8,10H2,1-2H3/t12-/m0/s1. The van der Waals surface area contributed by atoms with Gasteiger partial charge in [0.05, 0.1) is 5.52 Å². The molecule has 0 unspecified atom stereocenters. The highest BCUT2D eigenvalue weighted by Crippen LogP contribution is 2.35. The largest absolute Gasteiger partial charge is 0.406 e. The normalized spacial score (nSPS) is 18.2. The summed E-state index contributed by atoms with van der Waals surface area (Å²) in [6.45, 7) is 4.91. The fourth-order valence-corrected chi connectivity index (χ4v) is 4.15. The highest BCUT2D eigenvalue weighted by Gasteiger charge is 2.31. The third-order valence-corrected chi connectivity index (χ3v) is 5.80. The van der Waals surface area contributed by atoms with Gasteiger partial charge in [-0.3, -0.25) is 4.90 Å². The summed E-state index contributed by atoms with van der Waals surface area (Å²) >= 11 is 6.15. The monoisotopic (exact) mass is 411 g/mol. The van der Waals surface area contributed by atoms with Crippen molar-refractivity contribution in [2.45, 2.75) is 25.7 Å². The van der Waals surface area contributed by atoms with E-state index in [4.69, 9.17) is 11.6 Å². The zero-order valence-electron chi connectivity index (χ0n) is 15.7. The van der Waals surface area contributed by atoms with Gasteiger partial charge in [-0.1, -0.05) is 17.7 Å². The van der Waals surface area contributed by atoms with E-state index in [1.807, 2.05) is 12.1 Å². The number of rotatable bonds is 3. The molecule has 1 fully saturated rings. The van der Waals surface area contributed by atoms with Gasteiger partial charge in [0.25, 0.3) is 0 Å². The number of alkyl halides is 3. The molecule has 1 saturated heterocycles. The van der Waals surface area contributed by atoms with Crippen molar-refractivity contribution in [3.63, 3.8) is 0 Å². The van der Waals surface area contributed by atoms with Gasteiger partial charge in [-0.15, -0.1) is 0 Å². The Morgan fingerprint density at radius 2 is 1.86 bits per heavy atom. The predicted octanol–water partition coefficient (Wildman–Crippen LogP) is 4.11. The molecule has 0 amide bonds. The lowest BCUT2D eigenvalue weighted by Gasteiger charge is -2.36. The van der Waals surface area contributed by atoms with Crippen LogP contribution in [0.25, 0.3) is 21.9 Å². The number of fused-ring (bicyclic) bond motifs is 3. The zero-order valence-corrected chi connectivity index (χ0v) is 16.4. The van der Waals surface area contributed by atoms with Crippen LogP contribution in [0.2, 0.25) is 5.15 Å². The van der Waals surface area contributed by atoms with Crippen LogP contribution in [-0.2, 0) is 6.54 Å². The summed E-state index contributed by atoms with van der Waals surface area (Å²) in [6, 6.07) is 5.74. The summed E-state index contributed by atoms with van der Waals surface area (Å²) in [6.07, 6.45) is -3.08. The smallest absolute Gasteiger partial charge is 0.327 e. The van der Waals surface area contributed by atoms with Crippen molar-refractivity contribution >= 4 is 33.5 Å². The molecule has 2 aromatic heterocycles. The van der Waals surface area contributed by atoms with E-state index >= 15 is 0 Å². The number of hydrogen-bond acceptors (Lipinski definition) is 4. The molecule has 3 heterocycles. The molecule has 0 N–H and O–H groups in total. The number of piperazine rings is 1. The van der Waals surface area contributed by atoms with E-state index in [1.54, 1.807) is 6.07 Å². The summed E-state index contributed by atoms with van der Waals surface area (Å²) in [5.41, 5.74) is 2.19. The average Bonchev–Trinajstić information content (AvgIpc) is 2.95. The molecule has 0 radical (unpaired) electrons. The summed E-state index contributed by atoms with van der Waals surface area (Å²) in [5.74, 6) is 0. The highest BCUT2D eigenvalue weighted by molar-refractivity contribution is 6.34. The molecule has 1 aromatic carbocycles. The Bertz CT molecular complexity index is 1010. The molecule has 9 heteroatoms. The first-order valence-electron chi connectivity index (χ1n) is 9.16. The van der Waals surface area contributed by atoms with E-state index in [-0.39, 0.29) is 16.7 Å². The van der Waals surface area contributed by atoms with Crippen LogP contribution in [0.15, 0.2) is 24.5 Å². The van der Waals surface area contributed by atoms with E-state index in [0.717, 1.165) is 36.3 Å². The minimum absolute atomic E-state index is 0.0270. The van der Waals surface area contributed by atoms with Gasteiger partial charge in [0, 0.05) is 37.6 Å². The molecule has 150 valence electrons. The Morgan fingerprint density at radius 1 is 1.14 bits per heavy atom. The van der Waals surface area contributed by atoms with Crippen LogP contribution in [0.5, 0.6) is 0 Å². The maximum Gasteiger partial charge on any atom is 0.406 e. The molecule has 1 aliphatic rings. The van der Waals surface area contributed by atoms with Crippen LogP contribution < -0.4 is 0 Å². The zero-order chi connectivity index (χ0) is 20.1. The van der Waals surface area contributed by atoms with Gasteiger partial charge in [-0.05, 0) is 31.7 Å². The van der Waals surface area contributed by atoms with Crippen LogP contribution in [0.1, 0.15) is 18.5 Å². The Labute approximate surface area is 165 Å². The molecule has 28 heavy (non-hydrogen) atoms. The first kappa shape index (κ1) is 19.4. The van der Waals surface area contributed by atoms with Crippen molar-refractivity contribution in [2.24, 2.45) is 0 Å². The maximum atomic E-state index is 13.2. The highest BCUT2D eigenvalue weighted by atomic mass is 35.5. The van der Waals surface area contributed by atoms with Gasteiger partial charge in [-0.2, -0.15) is 13.2 Å². The molecular formula is C19H21ClF3N5. The van der Waals surface area contributed by atoms with E-state index in [9.17, 15) is 13.2 Å². The van der Waals surface area contributed by atoms with Gasteiger partial charge < -0.3 is 9.47 Å². The van der Waals surface area contributed by atoms with Gasteiger partial charge in [-0.25, -0.2) is 9.97 Å². The lowest BCUT2D eigenvalue weighted by Crippen LogP contribution is -2.45. The van der Waals surface area contributed by atoms with Crippen LogP contribution in [0.4, 0.5) is 13.2 Å². The molecular weight excluding hydrogens is 391 g/mol. The number of likely N-dealkylation sites (N-methyl/N-ethyl adjacent to an activating group) is 1. The van der Waals surface area contributed by atoms with E-state index in [0.29, 0.717) is 16.4 Å². The molecule has 0 bridgehead atoms. The Hall–Kier alpha value is -1.90. The molecule has 3 aromatic rings.